The summed E-state index contributed by atoms with van der Waals surface area (Å²) in [6.07, 6.45) is 67.4. The zero-order chi connectivity index (χ0) is 48.8. The first-order chi connectivity index (χ1) is 33.0. The summed E-state index contributed by atoms with van der Waals surface area (Å²) in [4.78, 5) is 26.3. The van der Waals surface area contributed by atoms with E-state index in [9.17, 15) is 19.8 Å². The Labute approximate surface area is 416 Å². The molecule has 392 valence electrons. The van der Waals surface area contributed by atoms with Crippen LogP contribution in [0.2, 0.25) is 0 Å². The SMILES string of the molecule is CCCCC/C=C\C/C=C\C/C=C\CCCCCCCCC(=O)OC(CCCCCCCCC/C=C/CCCCCCCC)CC(=O)NC(CO)C(O)CCCCCCCCCCCCCC. The van der Waals surface area contributed by atoms with Crippen molar-refractivity contribution in [2.75, 3.05) is 6.61 Å². The lowest BCUT2D eigenvalue weighted by Crippen LogP contribution is -2.46. The molecule has 0 spiro atoms. The first-order valence-electron chi connectivity index (χ1n) is 29.4. The van der Waals surface area contributed by atoms with E-state index in [4.69, 9.17) is 4.74 Å². The van der Waals surface area contributed by atoms with E-state index in [-0.39, 0.29) is 24.9 Å². The molecule has 3 atom stereocenters. The van der Waals surface area contributed by atoms with Crippen molar-refractivity contribution in [3.63, 3.8) is 0 Å². The Morgan fingerprint density at radius 1 is 0.433 bits per heavy atom. The molecule has 6 heteroatoms. The first-order valence-corrected chi connectivity index (χ1v) is 29.4. The monoisotopic (exact) mass is 940 g/mol. The minimum absolute atomic E-state index is 0.0706. The van der Waals surface area contributed by atoms with Crippen molar-refractivity contribution >= 4 is 11.9 Å². The number of carbonyl (C=O) groups is 2. The quantitative estimate of drug-likeness (QED) is 0.0321. The van der Waals surface area contributed by atoms with Crippen molar-refractivity contribution in [2.24, 2.45) is 0 Å². The maximum Gasteiger partial charge on any atom is 0.306 e. The minimum Gasteiger partial charge on any atom is -0.462 e. The number of allylic oxidation sites excluding steroid dienone is 8. The third-order valence-electron chi connectivity index (χ3n) is 13.4. The number of unbranched alkanes of at least 4 members (excludes halogenated alkanes) is 33. The van der Waals surface area contributed by atoms with Gasteiger partial charge in [0, 0.05) is 6.42 Å². The van der Waals surface area contributed by atoms with Gasteiger partial charge < -0.3 is 20.3 Å². The van der Waals surface area contributed by atoms with E-state index in [1.54, 1.807) is 0 Å². The maximum absolute atomic E-state index is 13.3. The number of nitrogens with one attached hydrogen (secondary N) is 1. The van der Waals surface area contributed by atoms with Crippen LogP contribution in [-0.2, 0) is 14.3 Å². The van der Waals surface area contributed by atoms with E-state index < -0.39 is 18.2 Å². The Morgan fingerprint density at radius 3 is 1.19 bits per heavy atom. The fourth-order valence-corrected chi connectivity index (χ4v) is 8.90. The van der Waals surface area contributed by atoms with E-state index >= 15 is 0 Å². The second-order valence-electron chi connectivity index (χ2n) is 20.0. The van der Waals surface area contributed by atoms with Crippen LogP contribution in [-0.4, -0.2) is 46.9 Å². The van der Waals surface area contributed by atoms with Crippen LogP contribution in [0.25, 0.3) is 0 Å². The summed E-state index contributed by atoms with van der Waals surface area (Å²) >= 11 is 0. The predicted octanol–water partition coefficient (Wildman–Crippen LogP) is 18.2. The second kappa shape index (κ2) is 54.8. The number of rotatable bonds is 53. The molecule has 3 N–H and O–H groups in total. The highest BCUT2D eigenvalue weighted by atomic mass is 16.5. The fraction of sp³-hybridized carbons (Fsp3) is 0.836. The molecule has 6 nitrogen and oxygen atoms in total. The van der Waals surface area contributed by atoms with Gasteiger partial charge in [-0.2, -0.15) is 0 Å². The van der Waals surface area contributed by atoms with Crippen molar-refractivity contribution in [1.82, 2.24) is 5.32 Å². The van der Waals surface area contributed by atoms with Crippen LogP contribution >= 0.6 is 0 Å². The molecule has 67 heavy (non-hydrogen) atoms. The average Bonchev–Trinajstić information content (AvgIpc) is 3.32. The Hall–Kier alpha value is -2.18. The Balaban J connectivity index is 4.58. The molecular formula is C61H113NO5. The fourth-order valence-electron chi connectivity index (χ4n) is 8.90. The number of aliphatic hydroxyl groups is 2. The van der Waals surface area contributed by atoms with Gasteiger partial charge in [0.05, 0.1) is 25.2 Å². The molecule has 0 saturated heterocycles. The van der Waals surface area contributed by atoms with Gasteiger partial charge in [0.1, 0.15) is 6.10 Å². The molecule has 0 aromatic heterocycles. The maximum atomic E-state index is 13.3. The van der Waals surface area contributed by atoms with Gasteiger partial charge in [-0.15, -0.1) is 0 Å². The summed E-state index contributed by atoms with van der Waals surface area (Å²) in [7, 11) is 0. The summed E-state index contributed by atoms with van der Waals surface area (Å²) < 4.78 is 5.96. The van der Waals surface area contributed by atoms with E-state index in [0.717, 1.165) is 77.0 Å². The van der Waals surface area contributed by atoms with Crippen LogP contribution in [0.15, 0.2) is 48.6 Å². The molecule has 0 aromatic rings. The number of hydrogen-bond donors (Lipinski definition) is 3. The Morgan fingerprint density at radius 2 is 0.761 bits per heavy atom. The molecule has 0 heterocycles. The number of hydrogen-bond acceptors (Lipinski definition) is 5. The van der Waals surface area contributed by atoms with Crippen LogP contribution in [0.5, 0.6) is 0 Å². The van der Waals surface area contributed by atoms with E-state index in [1.165, 1.54) is 180 Å². The standard InChI is InChI=1S/C61H113NO5/c1-4-7-10-13-16-19-22-25-27-29-30-32-34-36-39-42-45-48-51-54-61(66)67-57(52-49-46-43-40-37-35-33-31-28-26-23-20-17-14-11-8-5-2)55-60(65)62-58(56-63)59(64)53-50-47-44-41-38-24-21-18-15-12-9-6-3/h16,19,25-28,30,32,57-59,63-64H,4-15,17-18,20-24,29,31,33-56H2,1-3H3,(H,62,65)/b19-16-,27-25-,28-26+,32-30-. The van der Waals surface area contributed by atoms with Crippen molar-refractivity contribution in [3.8, 4) is 0 Å². The van der Waals surface area contributed by atoms with Gasteiger partial charge in [-0.3, -0.25) is 9.59 Å². The second-order valence-corrected chi connectivity index (χ2v) is 20.0. The molecule has 0 aromatic carbocycles. The normalized spacial score (nSPS) is 13.4. The molecule has 0 aliphatic heterocycles. The summed E-state index contributed by atoms with van der Waals surface area (Å²) in [6, 6.07) is -0.706. The Bertz CT molecular complexity index is 1150. The molecule has 0 radical (unpaired) electrons. The molecule has 3 unspecified atom stereocenters. The zero-order valence-corrected chi connectivity index (χ0v) is 44.8. The average molecular weight is 941 g/mol. The van der Waals surface area contributed by atoms with Crippen LogP contribution < -0.4 is 5.32 Å². The van der Waals surface area contributed by atoms with Crippen molar-refractivity contribution in [1.29, 1.82) is 0 Å². The lowest BCUT2D eigenvalue weighted by Gasteiger charge is -2.24. The smallest absolute Gasteiger partial charge is 0.306 e. The van der Waals surface area contributed by atoms with Crippen LogP contribution in [0.3, 0.4) is 0 Å². The van der Waals surface area contributed by atoms with Gasteiger partial charge in [-0.25, -0.2) is 0 Å². The predicted molar refractivity (Wildman–Crippen MR) is 292 cm³/mol. The molecule has 0 aliphatic carbocycles. The van der Waals surface area contributed by atoms with Crippen LogP contribution in [0, 0.1) is 0 Å². The highest BCUT2D eigenvalue weighted by Crippen LogP contribution is 2.18. The number of amides is 1. The number of ether oxygens (including phenoxy) is 1. The van der Waals surface area contributed by atoms with E-state index in [1.807, 2.05) is 0 Å². The lowest BCUT2D eigenvalue weighted by molar-refractivity contribution is -0.151. The molecular weight excluding hydrogens is 827 g/mol. The third-order valence-corrected chi connectivity index (χ3v) is 13.4. The molecule has 0 rings (SSSR count). The first kappa shape index (κ1) is 64.8. The van der Waals surface area contributed by atoms with Gasteiger partial charge >= 0.3 is 5.97 Å². The molecule has 0 saturated carbocycles. The van der Waals surface area contributed by atoms with Crippen LogP contribution in [0.4, 0.5) is 0 Å². The van der Waals surface area contributed by atoms with Gasteiger partial charge in [0.2, 0.25) is 5.91 Å². The molecule has 0 aliphatic rings. The largest absolute Gasteiger partial charge is 0.462 e. The van der Waals surface area contributed by atoms with Crippen LogP contribution in [0.1, 0.15) is 303 Å². The minimum atomic E-state index is -0.791. The topological polar surface area (TPSA) is 95.9 Å². The zero-order valence-electron chi connectivity index (χ0n) is 44.8. The van der Waals surface area contributed by atoms with Crippen molar-refractivity contribution < 1.29 is 24.5 Å². The molecule has 0 bridgehead atoms. The molecule has 1 amide bonds. The van der Waals surface area contributed by atoms with Gasteiger partial charge in [-0.1, -0.05) is 249 Å². The highest BCUT2D eigenvalue weighted by molar-refractivity contribution is 5.77. The molecule has 0 fully saturated rings. The number of aliphatic hydroxyl groups excluding tert-OH is 2. The van der Waals surface area contributed by atoms with Gasteiger partial charge in [-0.05, 0) is 89.9 Å². The van der Waals surface area contributed by atoms with Crippen molar-refractivity contribution in [3.05, 3.63) is 48.6 Å². The highest BCUT2D eigenvalue weighted by Gasteiger charge is 2.24. The summed E-state index contributed by atoms with van der Waals surface area (Å²) in [5, 5.41) is 23.9. The number of carbonyl (C=O) groups excluding carboxylic acids is 2. The van der Waals surface area contributed by atoms with Gasteiger partial charge in [0.25, 0.3) is 0 Å². The number of esters is 1. The van der Waals surface area contributed by atoms with E-state index in [2.05, 4.69) is 74.7 Å². The van der Waals surface area contributed by atoms with Gasteiger partial charge in [0.15, 0.2) is 0 Å². The summed E-state index contributed by atoms with van der Waals surface area (Å²) in [5.74, 6) is -0.481. The lowest BCUT2D eigenvalue weighted by atomic mass is 10.0. The van der Waals surface area contributed by atoms with Crippen molar-refractivity contribution in [2.45, 2.75) is 322 Å². The summed E-state index contributed by atoms with van der Waals surface area (Å²) in [5.41, 5.74) is 0. The summed E-state index contributed by atoms with van der Waals surface area (Å²) in [6.45, 7) is 6.47. The Kier molecular flexibility index (Phi) is 53.0. The third kappa shape index (κ3) is 50.0. The van der Waals surface area contributed by atoms with E-state index in [0.29, 0.717) is 19.3 Å².